The minimum Gasteiger partial charge on any atom is -1.00 e. The number of rotatable bonds is 0. The fourth-order valence-corrected chi connectivity index (χ4v) is 6.72. The summed E-state index contributed by atoms with van der Waals surface area (Å²) in [6.07, 6.45) is 1.03. The van der Waals surface area contributed by atoms with Gasteiger partial charge in [0, 0.05) is 0 Å². The Bertz CT molecular complexity index is 1050. The number of fused-ring (bicyclic) bond motifs is 3. The average Bonchev–Trinajstić information content (AvgIpc) is 3.41. The van der Waals surface area contributed by atoms with Crippen LogP contribution in [0.1, 0.15) is 105 Å². The van der Waals surface area contributed by atoms with Crippen molar-refractivity contribution in [1.82, 2.24) is 0 Å². The quantitative estimate of drug-likeness (QED) is 0.199. The molecule has 1 aliphatic carbocycles. The number of halogens is 2. The largest absolute Gasteiger partial charge is 1.00 e. The molecule has 0 amide bonds. The second-order valence-corrected chi connectivity index (χ2v) is 21.6. The van der Waals surface area contributed by atoms with Crippen LogP contribution in [0.3, 0.4) is 0 Å². The van der Waals surface area contributed by atoms with E-state index in [4.69, 9.17) is 0 Å². The molecule has 0 aromatic heterocycles. The van der Waals surface area contributed by atoms with E-state index in [0.717, 1.165) is 6.42 Å². The van der Waals surface area contributed by atoms with E-state index < -0.39 is 0 Å². The van der Waals surface area contributed by atoms with Crippen LogP contribution in [-0.2, 0) is 40.6 Å². The van der Waals surface area contributed by atoms with E-state index in [-0.39, 0.29) is 41.1 Å². The number of benzene rings is 2. The Kier molecular flexibility index (Phi) is 14.2. The van der Waals surface area contributed by atoms with E-state index in [2.05, 4.69) is 119 Å². The third-order valence-corrected chi connectivity index (χ3v) is 20.6. The Morgan fingerprint density at radius 1 is 0.711 bits per heavy atom. The third-order valence-electron chi connectivity index (χ3n) is 6.52. The predicted molar refractivity (Wildman–Crippen MR) is 158 cm³/mol. The smallest absolute Gasteiger partial charge is 0.0132 e. The number of hydrogen-bond donors (Lipinski definition) is 0. The van der Waals surface area contributed by atoms with Gasteiger partial charge in [-0.15, -0.1) is 11.1 Å². The molecule has 0 unspecified atom stereocenters. The third kappa shape index (κ3) is 10.8. The Morgan fingerprint density at radius 3 is 1.58 bits per heavy atom. The van der Waals surface area contributed by atoms with Gasteiger partial charge in [0.15, 0.2) is 0 Å². The van der Waals surface area contributed by atoms with Crippen LogP contribution in [-0.4, -0.2) is 5.43 Å². The molecule has 1 aliphatic rings. The molecule has 0 fully saturated rings. The summed E-state index contributed by atoms with van der Waals surface area (Å²) in [5.74, 6) is 0. The average molecular weight is 647 g/mol. The van der Waals surface area contributed by atoms with Gasteiger partial charge in [-0.1, -0.05) is 65.3 Å². The van der Waals surface area contributed by atoms with Gasteiger partial charge in [-0.05, 0) is 28.4 Å². The van der Waals surface area contributed by atoms with Gasteiger partial charge < -0.3 is 24.8 Å². The Balaban J connectivity index is 0.000000676. The monoisotopic (exact) mass is 644 g/mol. The molecule has 0 radical (unpaired) electrons. The molecule has 0 aliphatic heterocycles. The van der Waals surface area contributed by atoms with E-state index in [1.54, 1.807) is 23.3 Å². The molecule has 0 heterocycles. The van der Waals surface area contributed by atoms with Crippen molar-refractivity contribution in [2.24, 2.45) is 0 Å². The zero-order valence-corrected chi connectivity index (χ0v) is 30.7. The van der Waals surface area contributed by atoms with E-state index in [1.165, 1.54) is 33.4 Å². The maximum atomic E-state index is 3.67. The maximum absolute atomic E-state index is 3.67. The molecule has 4 heteroatoms. The Labute approximate surface area is 262 Å². The van der Waals surface area contributed by atoms with E-state index in [9.17, 15) is 0 Å². The van der Waals surface area contributed by atoms with Crippen molar-refractivity contribution in [3.8, 4) is 11.1 Å². The van der Waals surface area contributed by atoms with Gasteiger partial charge in [0.05, 0.1) is 0 Å². The van der Waals surface area contributed by atoms with Gasteiger partial charge in [-0.25, -0.2) is 12.1 Å². The normalized spacial score (nSPS) is 12.4. The van der Waals surface area contributed by atoms with Gasteiger partial charge >= 0.3 is 80.4 Å². The molecule has 208 valence electrons. The molecule has 38 heavy (non-hydrogen) atoms. The van der Waals surface area contributed by atoms with Crippen LogP contribution in [0.5, 0.6) is 0 Å². The van der Waals surface area contributed by atoms with E-state index in [1.807, 2.05) is 30.3 Å². The zero-order chi connectivity index (χ0) is 27.5. The molecule has 0 spiro atoms. The van der Waals surface area contributed by atoms with Crippen LogP contribution >= 0.6 is 0 Å². The van der Waals surface area contributed by atoms with Gasteiger partial charge in [0.2, 0.25) is 0 Å². The summed E-state index contributed by atoms with van der Waals surface area (Å²) in [4.78, 5) is 0. The molecule has 0 bridgehead atoms. The summed E-state index contributed by atoms with van der Waals surface area (Å²) in [5.41, 5.74) is 8.57. The first kappa shape index (κ1) is 37.5. The first-order valence-electron chi connectivity index (χ1n) is 13.3. The van der Waals surface area contributed by atoms with Crippen molar-refractivity contribution in [3.63, 3.8) is 0 Å². The predicted octanol–water partition coefficient (Wildman–Crippen LogP) is 4.19. The summed E-state index contributed by atoms with van der Waals surface area (Å²) >= 11 is 1.77. The maximum Gasteiger partial charge on any atom is -0.0132 e. The molecule has 3 aromatic rings. The molecule has 4 rings (SSSR count). The first-order valence-corrected chi connectivity index (χ1v) is 18.5. The molecule has 0 atom stereocenters. The van der Waals surface area contributed by atoms with Crippen molar-refractivity contribution < 1.29 is 48.1 Å². The van der Waals surface area contributed by atoms with Crippen LogP contribution in [0.25, 0.3) is 11.1 Å². The fraction of sp³-hybridized carbons (Fsp3) is 0.500. The minimum atomic E-state index is -0.131. The Morgan fingerprint density at radius 2 is 1.21 bits per heavy atom. The summed E-state index contributed by atoms with van der Waals surface area (Å²) in [6, 6.07) is 25.2. The van der Waals surface area contributed by atoms with Crippen LogP contribution < -0.4 is 24.8 Å². The Hall–Kier alpha value is -0.530. The molecular weight excluding hydrogens is 599 g/mol. The number of hydrogen-bond acceptors (Lipinski definition) is 0. The zero-order valence-electron chi connectivity index (χ0n) is 25.7. The fourth-order valence-electron chi connectivity index (χ4n) is 4.47. The van der Waals surface area contributed by atoms with E-state index in [0.29, 0.717) is 10.1 Å². The van der Waals surface area contributed by atoms with Crippen LogP contribution in [0.2, 0.25) is 10.1 Å². The van der Waals surface area contributed by atoms with Gasteiger partial charge in [0.25, 0.3) is 0 Å². The first-order chi connectivity index (χ1) is 16.3. The molecule has 0 nitrogen and oxygen atoms in total. The van der Waals surface area contributed by atoms with Crippen LogP contribution in [0.4, 0.5) is 0 Å². The van der Waals surface area contributed by atoms with Crippen molar-refractivity contribution >= 4 is 5.43 Å². The molecular formula is C34H48Cl2SiZr-2. The van der Waals surface area contributed by atoms with Crippen LogP contribution in [0, 0.1) is 6.07 Å². The summed E-state index contributed by atoms with van der Waals surface area (Å²) in [7, 11) is 0. The van der Waals surface area contributed by atoms with Gasteiger partial charge in [-0.2, -0.15) is 42.0 Å². The molecule has 0 saturated heterocycles. The molecule has 3 aromatic carbocycles. The second kappa shape index (κ2) is 14.4. The summed E-state index contributed by atoms with van der Waals surface area (Å²) < 4.78 is 0. The van der Waals surface area contributed by atoms with Crippen molar-refractivity contribution in [2.75, 3.05) is 0 Å². The molecule has 0 saturated carbocycles. The topological polar surface area (TPSA) is 0 Å². The van der Waals surface area contributed by atoms with Gasteiger partial charge in [0.1, 0.15) is 0 Å². The van der Waals surface area contributed by atoms with Gasteiger partial charge in [-0.3, -0.25) is 0 Å². The van der Waals surface area contributed by atoms with Crippen molar-refractivity contribution in [1.29, 1.82) is 0 Å². The SMILES string of the molecule is CC(C)(C)[Si](=[Zr+2])C(C)(C)C.CC(C)(C)c1[c-]c2c(cc1)-c1ccc(C(C)(C)C)cc1C2.[Cl-].[Cl-].c1cc[cH-]c1. The van der Waals surface area contributed by atoms with E-state index >= 15 is 0 Å². The van der Waals surface area contributed by atoms with Crippen LogP contribution in [0.15, 0.2) is 60.7 Å². The molecule has 0 N–H and O–H groups in total. The van der Waals surface area contributed by atoms with Crippen molar-refractivity contribution in [3.05, 3.63) is 89.0 Å². The van der Waals surface area contributed by atoms with Crippen molar-refractivity contribution in [2.45, 2.75) is 110 Å². The summed E-state index contributed by atoms with van der Waals surface area (Å²) in [5, 5.41) is 1.17. The second-order valence-electron chi connectivity index (χ2n) is 14.2. The summed E-state index contributed by atoms with van der Waals surface area (Å²) in [6.45, 7) is 27.9. The minimum absolute atomic E-state index is 0. The standard InChI is InChI=1S/C21H25.C8H18Si.C5H5.2ClH.Zr/c1-20(2,3)16-7-9-18-14(12-16)11-15-13-17(21(4,5)6)8-10-19(15)18;1-7(2,3)9-8(4,5)6;1-2-4-5-3-1;;;/h7-10,12H,11H2,1-6H3;1-6H3;1-5H;2*1H;/q-1;;-1;;;+2/p-2.